The number of carbonyl (C=O) groups excluding carboxylic acids is 1. The summed E-state index contributed by atoms with van der Waals surface area (Å²) in [6.07, 6.45) is -0.642. The Labute approximate surface area is 188 Å². The first-order valence-electron chi connectivity index (χ1n) is 9.31. The molecule has 3 rings (SSSR count). The molecule has 2 aromatic carbocycles. The topological polar surface area (TPSA) is 106 Å². The van der Waals surface area contributed by atoms with Crippen LogP contribution in [0.5, 0.6) is 5.75 Å². The van der Waals surface area contributed by atoms with Gasteiger partial charge in [0.05, 0.1) is 5.02 Å². The summed E-state index contributed by atoms with van der Waals surface area (Å²) in [5.41, 5.74) is 0.707. The van der Waals surface area contributed by atoms with E-state index in [1.807, 2.05) is 0 Å². The standard InChI is InChI=1S/C21H20ClFN2O6S/c1-11-13-9-15(22)18(31-21(27)25(3)4)10-17(13)30-20(26)14(11)7-12-5-6-16(23)19(8-12)32(28,29)24-2/h5-6,8-10,24H,7H2,1-4H3. The van der Waals surface area contributed by atoms with Crippen LogP contribution in [0.3, 0.4) is 0 Å². The average molecular weight is 483 g/mol. The monoisotopic (exact) mass is 482 g/mol. The van der Waals surface area contributed by atoms with Crippen molar-refractivity contribution >= 4 is 38.7 Å². The molecule has 0 spiro atoms. The van der Waals surface area contributed by atoms with E-state index >= 15 is 0 Å². The van der Waals surface area contributed by atoms with Gasteiger partial charge in [-0.1, -0.05) is 17.7 Å². The Hall–Kier alpha value is -2.95. The number of nitrogens with zero attached hydrogens (tertiary/aromatic N) is 1. The predicted molar refractivity (Wildman–Crippen MR) is 117 cm³/mol. The maximum Gasteiger partial charge on any atom is 0.414 e. The molecule has 0 aliphatic rings. The molecule has 32 heavy (non-hydrogen) atoms. The van der Waals surface area contributed by atoms with Crippen LogP contribution >= 0.6 is 11.6 Å². The third kappa shape index (κ3) is 4.62. The molecule has 1 amide bonds. The number of halogens is 2. The molecular formula is C21H20ClFN2O6S. The van der Waals surface area contributed by atoms with Crippen LogP contribution in [0.4, 0.5) is 9.18 Å². The zero-order chi connectivity index (χ0) is 23.8. The van der Waals surface area contributed by atoms with E-state index in [0.29, 0.717) is 16.5 Å². The number of hydrogen-bond acceptors (Lipinski definition) is 6. The highest BCUT2D eigenvalue weighted by Gasteiger charge is 2.20. The highest BCUT2D eigenvalue weighted by atomic mass is 35.5. The summed E-state index contributed by atoms with van der Waals surface area (Å²) in [6.45, 7) is 1.69. The fourth-order valence-electron chi connectivity index (χ4n) is 3.04. The van der Waals surface area contributed by atoms with Crippen LogP contribution in [-0.4, -0.2) is 40.6 Å². The minimum absolute atomic E-state index is 0.00556. The van der Waals surface area contributed by atoms with Crippen molar-refractivity contribution in [3.8, 4) is 5.75 Å². The minimum atomic E-state index is -4.01. The van der Waals surface area contributed by atoms with Gasteiger partial charge in [-0.25, -0.2) is 27.1 Å². The van der Waals surface area contributed by atoms with Gasteiger partial charge in [-0.05, 0) is 43.3 Å². The first-order chi connectivity index (χ1) is 14.9. The van der Waals surface area contributed by atoms with E-state index < -0.39 is 32.5 Å². The second-order valence-electron chi connectivity index (χ2n) is 7.18. The Balaban J connectivity index is 2.07. The quantitative estimate of drug-likeness (QED) is 0.558. The number of nitrogens with one attached hydrogen (secondary N) is 1. The Bertz CT molecular complexity index is 1390. The van der Waals surface area contributed by atoms with Gasteiger partial charge >= 0.3 is 11.7 Å². The molecular weight excluding hydrogens is 463 g/mol. The molecule has 0 saturated carbocycles. The molecule has 1 N–H and O–H groups in total. The second kappa shape index (κ2) is 8.89. The molecule has 0 aliphatic carbocycles. The lowest BCUT2D eigenvalue weighted by Gasteiger charge is -2.14. The maximum atomic E-state index is 14.0. The number of fused-ring (bicyclic) bond motifs is 1. The highest BCUT2D eigenvalue weighted by Crippen LogP contribution is 2.32. The molecule has 11 heteroatoms. The summed E-state index contributed by atoms with van der Waals surface area (Å²) in [7, 11) is 0.185. The Morgan fingerprint density at radius 1 is 1.25 bits per heavy atom. The number of carbonyl (C=O) groups is 1. The normalized spacial score (nSPS) is 11.6. The summed E-state index contributed by atoms with van der Waals surface area (Å²) >= 11 is 6.25. The van der Waals surface area contributed by atoms with Crippen LogP contribution in [0, 0.1) is 12.7 Å². The van der Waals surface area contributed by atoms with Crippen molar-refractivity contribution in [3.05, 3.63) is 68.3 Å². The molecule has 1 heterocycles. The lowest BCUT2D eigenvalue weighted by atomic mass is 9.99. The molecule has 0 saturated heterocycles. The number of benzene rings is 2. The third-order valence-electron chi connectivity index (χ3n) is 4.84. The van der Waals surface area contributed by atoms with E-state index in [4.69, 9.17) is 20.8 Å². The van der Waals surface area contributed by atoms with E-state index in [1.165, 1.54) is 50.3 Å². The number of aryl methyl sites for hydroxylation is 1. The molecule has 170 valence electrons. The van der Waals surface area contributed by atoms with E-state index in [2.05, 4.69) is 4.72 Å². The SMILES string of the molecule is CNS(=O)(=O)c1cc(Cc2c(C)c3cc(Cl)c(OC(=O)N(C)C)cc3oc2=O)ccc1F. The minimum Gasteiger partial charge on any atom is -0.422 e. The zero-order valence-corrected chi connectivity index (χ0v) is 19.2. The van der Waals surface area contributed by atoms with Crippen LogP contribution in [0.1, 0.15) is 16.7 Å². The molecule has 0 radical (unpaired) electrons. The van der Waals surface area contributed by atoms with Gasteiger partial charge in [0.1, 0.15) is 16.3 Å². The number of rotatable bonds is 5. The van der Waals surface area contributed by atoms with Gasteiger partial charge in [0.15, 0.2) is 5.75 Å². The number of ether oxygens (including phenoxy) is 1. The maximum absolute atomic E-state index is 14.0. The van der Waals surface area contributed by atoms with Gasteiger partial charge in [0, 0.05) is 37.5 Å². The highest BCUT2D eigenvalue weighted by molar-refractivity contribution is 7.89. The molecule has 0 unspecified atom stereocenters. The number of hydrogen-bond donors (Lipinski definition) is 1. The van der Waals surface area contributed by atoms with Crippen molar-refractivity contribution in [1.29, 1.82) is 0 Å². The van der Waals surface area contributed by atoms with Gasteiger partial charge in [-0.15, -0.1) is 0 Å². The zero-order valence-electron chi connectivity index (χ0n) is 17.7. The molecule has 0 bridgehead atoms. The number of amides is 1. The van der Waals surface area contributed by atoms with Crippen LogP contribution in [0.15, 0.2) is 44.4 Å². The van der Waals surface area contributed by atoms with Crippen molar-refractivity contribution in [2.45, 2.75) is 18.2 Å². The average Bonchev–Trinajstić information content (AvgIpc) is 2.73. The van der Waals surface area contributed by atoms with Crippen molar-refractivity contribution in [2.75, 3.05) is 21.1 Å². The Morgan fingerprint density at radius 3 is 2.56 bits per heavy atom. The van der Waals surface area contributed by atoms with Crippen LogP contribution < -0.4 is 15.1 Å². The Morgan fingerprint density at radius 2 is 1.94 bits per heavy atom. The summed E-state index contributed by atoms with van der Waals surface area (Å²) in [6, 6.07) is 6.45. The lowest BCUT2D eigenvalue weighted by Crippen LogP contribution is -2.25. The van der Waals surface area contributed by atoms with Gasteiger partial charge < -0.3 is 14.1 Å². The number of sulfonamides is 1. The largest absolute Gasteiger partial charge is 0.422 e. The van der Waals surface area contributed by atoms with E-state index in [0.717, 1.165) is 6.07 Å². The van der Waals surface area contributed by atoms with E-state index in [9.17, 15) is 22.4 Å². The molecule has 8 nitrogen and oxygen atoms in total. The molecule has 0 fully saturated rings. The van der Waals surface area contributed by atoms with Gasteiger partial charge in [-0.3, -0.25) is 0 Å². The Kier molecular flexibility index (Phi) is 6.59. The molecule has 3 aromatic rings. The van der Waals surface area contributed by atoms with Gasteiger partial charge in [0.2, 0.25) is 10.0 Å². The van der Waals surface area contributed by atoms with Gasteiger partial charge in [0.25, 0.3) is 0 Å². The smallest absolute Gasteiger partial charge is 0.414 e. The van der Waals surface area contributed by atoms with Crippen LogP contribution in [-0.2, 0) is 16.4 Å². The fourth-order valence-corrected chi connectivity index (χ4v) is 4.09. The van der Waals surface area contributed by atoms with Crippen LogP contribution in [0.2, 0.25) is 5.02 Å². The molecule has 0 aliphatic heterocycles. The van der Waals surface area contributed by atoms with Crippen molar-refractivity contribution in [1.82, 2.24) is 9.62 Å². The third-order valence-corrected chi connectivity index (χ3v) is 6.56. The first-order valence-corrected chi connectivity index (χ1v) is 11.2. The summed E-state index contributed by atoms with van der Waals surface area (Å²) < 4.78 is 50.8. The van der Waals surface area contributed by atoms with Crippen molar-refractivity contribution in [3.63, 3.8) is 0 Å². The molecule has 0 atom stereocenters. The fraction of sp³-hybridized carbons (Fsp3) is 0.238. The first kappa shape index (κ1) is 23.7. The molecule has 1 aromatic heterocycles. The predicted octanol–water partition coefficient (Wildman–Crippen LogP) is 3.45. The summed E-state index contributed by atoms with van der Waals surface area (Å²) in [4.78, 5) is 25.2. The summed E-state index contributed by atoms with van der Waals surface area (Å²) in [5, 5.41) is 0.652. The van der Waals surface area contributed by atoms with Gasteiger partial charge in [-0.2, -0.15) is 0 Å². The van der Waals surface area contributed by atoms with Crippen LogP contribution in [0.25, 0.3) is 11.0 Å². The van der Waals surface area contributed by atoms with E-state index in [-0.39, 0.29) is 28.3 Å². The second-order valence-corrected chi connectivity index (χ2v) is 9.45. The lowest BCUT2D eigenvalue weighted by molar-refractivity contribution is 0.172. The van der Waals surface area contributed by atoms with Crippen molar-refractivity contribution in [2.24, 2.45) is 0 Å². The van der Waals surface area contributed by atoms with E-state index in [1.54, 1.807) is 6.92 Å². The summed E-state index contributed by atoms with van der Waals surface area (Å²) in [5.74, 6) is -0.870. The van der Waals surface area contributed by atoms with Crippen molar-refractivity contribution < 1.29 is 26.8 Å².